The van der Waals surface area contributed by atoms with Crippen LogP contribution in [0.2, 0.25) is 0 Å². The Bertz CT molecular complexity index is 1090. The summed E-state index contributed by atoms with van der Waals surface area (Å²) in [6, 6.07) is 0. The maximum absolute atomic E-state index is 12.8. The highest BCUT2D eigenvalue weighted by molar-refractivity contribution is 5.71. The maximum atomic E-state index is 12.8. The Hall–Kier alpha value is -2.63. The standard InChI is InChI=1S/C56H100O6/c1-4-7-10-13-16-19-22-25-26-27-28-29-30-32-35-38-41-44-47-50-56(59)62-53(51-60-54(57)48-45-42-39-36-33-24-21-18-15-12-9-6-3)52-61-55(58)49-46-43-40-37-34-31-23-20-17-14-11-8-5-2/h16,19,25-26,28-29,32,35,53H,4-15,17-18,20-24,27,30-31,33-34,36-52H2,1-3H3/b19-16-,26-25-,29-28-,35-32-/t53-/m0/s1. The molecule has 0 heterocycles. The van der Waals surface area contributed by atoms with E-state index < -0.39 is 6.10 Å². The Morgan fingerprint density at radius 2 is 0.581 bits per heavy atom. The zero-order valence-electron chi connectivity index (χ0n) is 41.1. The van der Waals surface area contributed by atoms with Gasteiger partial charge in [0.15, 0.2) is 6.10 Å². The molecule has 0 fully saturated rings. The Morgan fingerprint density at radius 1 is 0.323 bits per heavy atom. The lowest BCUT2D eigenvalue weighted by Gasteiger charge is -2.18. The van der Waals surface area contributed by atoms with Crippen LogP contribution >= 0.6 is 0 Å². The Balaban J connectivity index is 4.41. The van der Waals surface area contributed by atoms with Crippen molar-refractivity contribution in [1.82, 2.24) is 0 Å². The van der Waals surface area contributed by atoms with Crippen molar-refractivity contribution in [2.24, 2.45) is 0 Å². The molecule has 0 spiro atoms. The lowest BCUT2D eigenvalue weighted by Crippen LogP contribution is -2.30. The predicted molar refractivity (Wildman–Crippen MR) is 265 cm³/mol. The summed E-state index contributed by atoms with van der Waals surface area (Å²) in [5, 5.41) is 0. The van der Waals surface area contributed by atoms with E-state index in [1.807, 2.05) is 0 Å². The molecule has 62 heavy (non-hydrogen) atoms. The number of hydrogen-bond donors (Lipinski definition) is 0. The van der Waals surface area contributed by atoms with Crippen molar-refractivity contribution in [3.63, 3.8) is 0 Å². The fourth-order valence-corrected chi connectivity index (χ4v) is 7.54. The van der Waals surface area contributed by atoms with Gasteiger partial charge in [-0.3, -0.25) is 14.4 Å². The van der Waals surface area contributed by atoms with Gasteiger partial charge in [0, 0.05) is 19.3 Å². The largest absolute Gasteiger partial charge is 0.462 e. The normalized spacial score (nSPS) is 12.4. The number of rotatable bonds is 48. The van der Waals surface area contributed by atoms with E-state index in [2.05, 4.69) is 69.4 Å². The van der Waals surface area contributed by atoms with Crippen LogP contribution in [0.25, 0.3) is 0 Å². The molecular formula is C56H100O6. The van der Waals surface area contributed by atoms with E-state index in [0.29, 0.717) is 19.3 Å². The molecule has 0 radical (unpaired) electrons. The Labute approximate surface area is 384 Å². The average molecular weight is 869 g/mol. The first-order valence-electron chi connectivity index (χ1n) is 26.6. The highest BCUT2D eigenvalue weighted by atomic mass is 16.6. The number of ether oxygens (including phenoxy) is 3. The highest BCUT2D eigenvalue weighted by Crippen LogP contribution is 2.15. The topological polar surface area (TPSA) is 78.9 Å². The summed E-state index contributed by atoms with van der Waals surface area (Å²) in [6.45, 7) is 6.60. The van der Waals surface area contributed by atoms with Crippen LogP contribution in [0.5, 0.6) is 0 Å². The van der Waals surface area contributed by atoms with Gasteiger partial charge in [-0.2, -0.15) is 0 Å². The summed E-state index contributed by atoms with van der Waals surface area (Å²) in [5.41, 5.74) is 0. The molecule has 6 heteroatoms. The van der Waals surface area contributed by atoms with Gasteiger partial charge in [0.25, 0.3) is 0 Å². The van der Waals surface area contributed by atoms with Crippen LogP contribution in [-0.2, 0) is 28.6 Å². The van der Waals surface area contributed by atoms with E-state index in [0.717, 1.165) is 83.5 Å². The molecule has 0 saturated carbocycles. The molecule has 0 bridgehead atoms. The quantitative estimate of drug-likeness (QED) is 0.0262. The molecule has 0 aliphatic rings. The second-order valence-electron chi connectivity index (χ2n) is 17.8. The minimum absolute atomic E-state index is 0.0824. The minimum Gasteiger partial charge on any atom is -0.462 e. The van der Waals surface area contributed by atoms with Crippen LogP contribution in [0, 0.1) is 0 Å². The zero-order chi connectivity index (χ0) is 45.1. The minimum atomic E-state index is -0.785. The molecule has 0 aliphatic heterocycles. The van der Waals surface area contributed by atoms with E-state index in [9.17, 15) is 14.4 Å². The summed E-state index contributed by atoms with van der Waals surface area (Å²) < 4.78 is 16.8. The van der Waals surface area contributed by atoms with Crippen LogP contribution in [-0.4, -0.2) is 37.2 Å². The Morgan fingerprint density at radius 3 is 0.935 bits per heavy atom. The SMILES string of the molecule is CCCCC/C=C\C/C=C\C/C=C\C/C=C\CCCCCC(=O)O[C@@H](COC(=O)CCCCCCCCCCCCCC)COC(=O)CCCCCCCCCCCCCCC. The van der Waals surface area contributed by atoms with Gasteiger partial charge < -0.3 is 14.2 Å². The van der Waals surface area contributed by atoms with Gasteiger partial charge in [-0.15, -0.1) is 0 Å². The fourth-order valence-electron chi connectivity index (χ4n) is 7.54. The molecule has 0 N–H and O–H groups in total. The third-order valence-corrected chi connectivity index (χ3v) is 11.6. The summed E-state index contributed by atoms with van der Waals surface area (Å²) in [4.78, 5) is 38.0. The second-order valence-corrected chi connectivity index (χ2v) is 17.8. The molecule has 0 aromatic carbocycles. The van der Waals surface area contributed by atoms with E-state index in [-0.39, 0.29) is 31.1 Å². The molecule has 0 amide bonds. The van der Waals surface area contributed by atoms with Crippen molar-refractivity contribution in [3.8, 4) is 0 Å². The predicted octanol–water partition coefficient (Wildman–Crippen LogP) is 17.5. The number of esters is 3. The van der Waals surface area contributed by atoms with Crippen LogP contribution in [0.3, 0.4) is 0 Å². The molecule has 0 unspecified atom stereocenters. The van der Waals surface area contributed by atoms with Gasteiger partial charge in [0.2, 0.25) is 0 Å². The first-order chi connectivity index (χ1) is 30.5. The molecule has 0 saturated heterocycles. The second kappa shape index (κ2) is 51.0. The molecule has 0 rings (SSSR count). The van der Waals surface area contributed by atoms with Crippen molar-refractivity contribution in [2.45, 2.75) is 277 Å². The first-order valence-corrected chi connectivity index (χ1v) is 26.6. The monoisotopic (exact) mass is 869 g/mol. The van der Waals surface area contributed by atoms with Crippen LogP contribution in [0.15, 0.2) is 48.6 Å². The number of carbonyl (C=O) groups excluding carboxylic acids is 3. The van der Waals surface area contributed by atoms with Crippen molar-refractivity contribution < 1.29 is 28.6 Å². The summed E-state index contributed by atoms with van der Waals surface area (Å²) in [5.74, 6) is -0.903. The van der Waals surface area contributed by atoms with Gasteiger partial charge in [-0.25, -0.2) is 0 Å². The van der Waals surface area contributed by atoms with Gasteiger partial charge in [0.05, 0.1) is 0 Å². The van der Waals surface area contributed by atoms with Gasteiger partial charge in [-0.05, 0) is 64.2 Å². The summed E-state index contributed by atoms with van der Waals surface area (Å²) >= 11 is 0. The first kappa shape index (κ1) is 59.4. The number of unbranched alkanes of at least 4 members (excludes halogenated alkanes) is 29. The Kier molecular flexibility index (Phi) is 48.8. The molecule has 360 valence electrons. The maximum Gasteiger partial charge on any atom is 0.306 e. The van der Waals surface area contributed by atoms with Crippen molar-refractivity contribution in [3.05, 3.63) is 48.6 Å². The summed E-state index contributed by atoms with van der Waals surface area (Å²) in [7, 11) is 0. The summed E-state index contributed by atoms with van der Waals surface area (Å²) in [6.07, 6.45) is 60.9. The van der Waals surface area contributed by atoms with Crippen molar-refractivity contribution >= 4 is 17.9 Å². The number of carbonyl (C=O) groups is 3. The van der Waals surface area contributed by atoms with Crippen molar-refractivity contribution in [1.29, 1.82) is 0 Å². The third kappa shape index (κ3) is 48.4. The lowest BCUT2D eigenvalue weighted by molar-refractivity contribution is -0.167. The fraction of sp³-hybridized carbons (Fsp3) is 0.804. The van der Waals surface area contributed by atoms with Crippen LogP contribution in [0.1, 0.15) is 271 Å². The van der Waals surface area contributed by atoms with Crippen molar-refractivity contribution in [2.75, 3.05) is 13.2 Å². The lowest BCUT2D eigenvalue weighted by atomic mass is 10.0. The smallest absolute Gasteiger partial charge is 0.306 e. The van der Waals surface area contributed by atoms with Gasteiger partial charge in [-0.1, -0.05) is 236 Å². The average Bonchev–Trinajstić information content (AvgIpc) is 3.27. The van der Waals surface area contributed by atoms with Crippen LogP contribution < -0.4 is 0 Å². The van der Waals surface area contributed by atoms with Gasteiger partial charge in [0.1, 0.15) is 13.2 Å². The molecule has 0 aromatic rings. The zero-order valence-corrected chi connectivity index (χ0v) is 41.1. The molecule has 1 atom stereocenters. The number of allylic oxidation sites excluding steroid dienone is 8. The molecule has 0 aliphatic carbocycles. The molecule has 6 nitrogen and oxygen atoms in total. The molecular weight excluding hydrogens is 769 g/mol. The van der Waals surface area contributed by atoms with E-state index >= 15 is 0 Å². The van der Waals surface area contributed by atoms with Crippen LogP contribution in [0.4, 0.5) is 0 Å². The van der Waals surface area contributed by atoms with Gasteiger partial charge >= 0.3 is 17.9 Å². The number of hydrogen-bond acceptors (Lipinski definition) is 6. The van der Waals surface area contributed by atoms with E-state index in [1.165, 1.54) is 148 Å². The molecule has 0 aromatic heterocycles. The van der Waals surface area contributed by atoms with E-state index in [1.54, 1.807) is 0 Å². The third-order valence-electron chi connectivity index (χ3n) is 11.6. The highest BCUT2D eigenvalue weighted by Gasteiger charge is 2.19. The van der Waals surface area contributed by atoms with E-state index in [4.69, 9.17) is 14.2 Å².